The molecule has 0 spiro atoms. The van der Waals surface area contributed by atoms with Crippen molar-refractivity contribution in [2.45, 2.75) is 108 Å². The third kappa shape index (κ3) is 9.17. The summed E-state index contributed by atoms with van der Waals surface area (Å²) >= 11 is 0. The van der Waals surface area contributed by atoms with Crippen molar-refractivity contribution in [1.82, 2.24) is 5.32 Å². The second-order valence-electron chi connectivity index (χ2n) is 19.8. The van der Waals surface area contributed by atoms with Crippen LogP contribution in [0, 0.1) is 26.9 Å². The van der Waals surface area contributed by atoms with Gasteiger partial charge in [-0.15, -0.1) is 0 Å². The Labute approximate surface area is 424 Å². The number of amides is 1. The molecule has 4 aromatic rings. The third-order valence-corrected chi connectivity index (χ3v) is 15.1. The molecule has 0 aromatic heterocycles. The zero-order valence-corrected chi connectivity index (χ0v) is 41.2. The summed E-state index contributed by atoms with van der Waals surface area (Å²) in [6, 6.07) is 25.4. The molecule has 11 atom stereocenters. The predicted molar refractivity (Wildman–Crippen MR) is 258 cm³/mol. The standard InChI is InChI=1S/C54H55N3O17/c1-28-37(71-50(65)42(60)41(31-16-10-7-11-17-31)56-47(62)32-18-12-8-13-19-32)26-54(66)46(73-48(63)33-20-14-9-15-21-33)44-52(6,45(61)43(70-29(2)58)40(28)51(54,4)5)38(25-39-53(44,27-69-39)74-30(3)59)72-49(64)34-22-35(55)24-36(23-34)57(67)68/h7-24,37-39,41-44,46,60,66H,25-27,55H2,1-6H3,(H,56,62)/t37-,38-,39+,41-,42+,43+,44-,46-,52+,53-,54+/m0/s1. The van der Waals surface area contributed by atoms with Gasteiger partial charge in [0.1, 0.15) is 30.0 Å². The number of rotatable bonds is 13. The molecule has 1 amide bonds. The molecule has 5 N–H and O–H groups in total. The van der Waals surface area contributed by atoms with Gasteiger partial charge in [0.2, 0.25) is 0 Å². The van der Waals surface area contributed by atoms with E-state index in [1.165, 1.54) is 52.0 Å². The van der Waals surface area contributed by atoms with Crippen LogP contribution < -0.4 is 11.1 Å². The molecule has 20 nitrogen and oxygen atoms in total. The summed E-state index contributed by atoms with van der Waals surface area (Å²) in [5, 5.41) is 40.6. The van der Waals surface area contributed by atoms with Gasteiger partial charge in [0.25, 0.3) is 11.6 Å². The Balaban J connectivity index is 1.32. The van der Waals surface area contributed by atoms with Crippen molar-refractivity contribution in [2.24, 2.45) is 16.7 Å². The van der Waals surface area contributed by atoms with Crippen LogP contribution in [0.5, 0.6) is 0 Å². The Bertz CT molecular complexity index is 2950. The number of hydrogen-bond acceptors (Lipinski definition) is 18. The molecule has 3 aliphatic carbocycles. The zero-order valence-electron chi connectivity index (χ0n) is 41.2. The molecular weight excluding hydrogens is 963 g/mol. The van der Waals surface area contributed by atoms with E-state index in [9.17, 15) is 49.1 Å². The van der Waals surface area contributed by atoms with Crippen molar-refractivity contribution in [3.8, 4) is 0 Å². The lowest BCUT2D eigenvalue weighted by Crippen LogP contribution is -2.82. The number of ether oxygens (including phenoxy) is 6. The van der Waals surface area contributed by atoms with Gasteiger partial charge >= 0.3 is 29.8 Å². The number of nitro benzene ring substituents is 1. The van der Waals surface area contributed by atoms with Crippen molar-refractivity contribution < 1.29 is 77.1 Å². The fraction of sp³-hybridized carbons (Fsp3) is 0.389. The Morgan fingerprint density at radius 3 is 1.97 bits per heavy atom. The maximum atomic E-state index is 16.3. The first kappa shape index (κ1) is 52.5. The average molecular weight is 1020 g/mol. The van der Waals surface area contributed by atoms with E-state index in [2.05, 4.69) is 5.32 Å². The summed E-state index contributed by atoms with van der Waals surface area (Å²) in [5.74, 6) is -8.85. The highest BCUT2D eigenvalue weighted by Gasteiger charge is 2.79. The quantitative estimate of drug-likeness (QED) is 0.0338. The number of fused-ring (bicyclic) bond motifs is 5. The van der Waals surface area contributed by atoms with E-state index in [1.54, 1.807) is 66.7 Å². The number of nitro groups is 1. The number of aliphatic hydroxyl groups excluding tert-OH is 1. The summed E-state index contributed by atoms with van der Waals surface area (Å²) in [7, 11) is 0. The van der Waals surface area contributed by atoms with Crippen LogP contribution in [0.1, 0.15) is 97.1 Å². The van der Waals surface area contributed by atoms with Crippen LogP contribution in [0.3, 0.4) is 0 Å². The van der Waals surface area contributed by atoms with Gasteiger partial charge in [-0.05, 0) is 60.9 Å². The van der Waals surface area contributed by atoms with E-state index in [1.807, 2.05) is 0 Å². The molecule has 8 rings (SSSR count). The van der Waals surface area contributed by atoms with E-state index in [4.69, 9.17) is 34.2 Å². The second-order valence-corrected chi connectivity index (χ2v) is 19.8. The summed E-state index contributed by atoms with van der Waals surface area (Å²) in [4.78, 5) is 111. The predicted octanol–water partition coefficient (Wildman–Crippen LogP) is 5.09. The first-order valence-electron chi connectivity index (χ1n) is 23.7. The fourth-order valence-corrected chi connectivity index (χ4v) is 11.4. The number of nitrogens with one attached hydrogen (secondary N) is 1. The van der Waals surface area contributed by atoms with Crippen molar-refractivity contribution in [1.29, 1.82) is 0 Å². The number of nitrogens with zero attached hydrogens (tertiary/aromatic N) is 1. The van der Waals surface area contributed by atoms with E-state index >= 15 is 4.79 Å². The van der Waals surface area contributed by atoms with Crippen molar-refractivity contribution in [3.63, 3.8) is 0 Å². The topological polar surface area (TPSA) is 297 Å². The lowest BCUT2D eigenvalue weighted by Gasteiger charge is -2.67. The second kappa shape index (κ2) is 19.9. The summed E-state index contributed by atoms with van der Waals surface area (Å²) in [5.41, 5.74) is -3.37. The first-order valence-corrected chi connectivity index (χ1v) is 23.7. The molecule has 74 heavy (non-hydrogen) atoms. The Morgan fingerprint density at radius 1 is 0.811 bits per heavy atom. The van der Waals surface area contributed by atoms with E-state index in [0.717, 1.165) is 32.0 Å². The molecule has 20 heteroatoms. The van der Waals surface area contributed by atoms with Crippen LogP contribution in [0.15, 0.2) is 120 Å². The number of non-ortho nitro benzene ring substituents is 1. The number of nitrogen functional groups attached to an aromatic ring is 1. The Hall–Kier alpha value is -7.81. The molecule has 4 aromatic carbocycles. The molecule has 388 valence electrons. The molecule has 3 fully saturated rings. The van der Waals surface area contributed by atoms with Crippen LogP contribution in [0.4, 0.5) is 11.4 Å². The highest BCUT2D eigenvalue weighted by Crippen LogP contribution is 2.65. The van der Waals surface area contributed by atoms with Crippen LogP contribution in [-0.4, -0.2) is 111 Å². The van der Waals surface area contributed by atoms with Gasteiger partial charge in [-0.25, -0.2) is 14.4 Å². The van der Waals surface area contributed by atoms with Gasteiger partial charge < -0.3 is 49.7 Å². The molecule has 2 saturated carbocycles. The first-order chi connectivity index (χ1) is 34.9. The number of nitrogens with two attached hydrogens (primary N) is 1. The molecule has 0 radical (unpaired) electrons. The van der Waals surface area contributed by atoms with Gasteiger partial charge in [-0.1, -0.05) is 80.6 Å². The summed E-state index contributed by atoms with van der Waals surface area (Å²) < 4.78 is 37.1. The molecule has 2 bridgehead atoms. The van der Waals surface area contributed by atoms with Crippen LogP contribution in [0.2, 0.25) is 0 Å². The number of Topliss-reactive ketones (excluding diaryl/α,β-unsaturated/α-hetero) is 1. The van der Waals surface area contributed by atoms with Gasteiger partial charge in [0.05, 0.1) is 40.0 Å². The Kier molecular flexibility index (Phi) is 14.1. The minimum Gasteiger partial charge on any atom is -0.458 e. The van der Waals surface area contributed by atoms with E-state index < -0.39 is 142 Å². The molecular formula is C54H55N3O17. The number of esters is 5. The largest absolute Gasteiger partial charge is 0.458 e. The highest BCUT2D eigenvalue weighted by atomic mass is 16.6. The van der Waals surface area contributed by atoms with Crippen LogP contribution in [-0.2, 0) is 47.6 Å². The van der Waals surface area contributed by atoms with E-state index in [-0.39, 0.29) is 33.5 Å². The molecule has 1 saturated heterocycles. The van der Waals surface area contributed by atoms with Crippen LogP contribution in [0.25, 0.3) is 0 Å². The maximum absolute atomic E-state index is 16.3. The Morgan fingerprint density at radius 2 is 1.41 bits per heavy atom. The van der Waals surface area contributed by atoms with Gasteiger partial charge in [0.15, 0.2) is 23.6 Å². The number of aliphatic hydroxyl groups is 2. The van der Waals surface area contributed by atoms with E-state index in [0.29, 0.717) is 5.56 Å². The van der Waals surface area contributed by atoms with Crippen molar-refractivity contribution >= 4 is 52.9 Å². The number of carbonyl (C=O) groups is 7. The number of carbonyl (C=O) groups excluding carboxylic acids is 7. The van der Waals surface area contributed by atoms with Crippen molar-refractivity contribution in [3.05, 3.63) is 153 Å². The van der Waals surface area contributed by atoms with Crippen molar-refractivity contribution in [2.75, 3.05) is 12.3 Å². The third-order valence-electron chi connectivity index (χ3n) is 15.1. The summed E-state index contributed by atoms with van der Waals surface area (Å²) in [6.07, 6.45) is -11.8. The number of anilines is 1. The van der Waals surface area contributed by atoms with Gasteiger partial charge in [-0.2, -0.15) is 0 Å². The summed E-state index contributed by atoms with van der Waals surface area (Å²) in [6.45, 7) is 7.45. The lowest BCUT2D eigenvalue weighted by molar-refractivity contribution is -0.384. The minimum absolute atomic E-state index is 0.0230. The lowest BCUT2D eigenvalue weighted by atomic mass is 9.44. The number of hydrogen-bond donors (Lipinski definition) is 4. The SMILES string of the molecule is CC(=O)O[C@H]1C(=O)[C@]2(C)[C@@H](OC(=O)c3cc(N)cc([N+](=O)[O-])c3)C[C@H]3OC[C@@]3(OC(C)=O)[C@H]2[C@H](OC(=O)c2ccccc2)[C@]2(O)C[C@H](OC(=O)[C@H](O)[C@@H](NC(=O)c3ccccc3)c3ccccc3)C(C)=C1C2(C)C. The average Bonchev–Trinajstić information content (AvgIpc) is 3.36. The molecule has 4 aliphatic rings. The highest BCUT2D eigenvalue weighted by molar-refractivity contribution is 5.97. The smallest absolute Gasteiger partial charge is 0.338 e. The van der Waals surface area contributed by atoms with Gasteiger partial charge in [0, 0.05) is 55.5 Å². The maximum Gasteiger partial charge on any atom is 0.338 e. The number of ketones is 1. The van der Waals surface area contributed by atoms with Gasteiger partial charge in [-0.3, -0.25) is 29.3 Å². The molecule has 1 aliphatic heterocycles. The fourth-order valence-electron chi connectivity index (χ4n) is 11.4. The zero-order chi connectivity index (χ0) is 53.7. The monoisotopic (exact) mass is 1020 g/mol. The minimum atomic E-state index is -2.57. The van der Waals surface area contributed by atoms with Crippen LogP contribution >= 0.6 is 0 Å². The molecule has 0 unspecified atom stereocenters. The number of benzene rings is 4. The normalized spacial score (nSPS) is 28.4. The molecule has 1 heterocycles.